The third-order valence-corrected chi connectivity index (χ3v) is 5.35. The van der Waals surface area contributed by atoms with Gasteiger partial charge in [-0.2, -0.15) is 0 Å². The van der Waals surface area contributed by atoms with E-state index in [0.717, 1.165) is 16.9 Å². The fourth-order valence-corrected chi connectivity index (χ4v) is 3.48. The summed E-state index contributed by atoms with van der Waals surface area (Å²) in [7, 11) is 1.59. The highest BCUT2D eigenvalue weighted by Crippen LogP contribution is 2.31. The van der Waals surface area contributed by atoms with Gasteiger partial charge in [0.2, 0.25) is 5.91 Å². The van der Waals surface area contributed by atoms with Crippen LogP contribution < -0.4 is 14.8 Å². The van der Waals surface area contributed by atoms with Gasteiger partial charge in [-0.15, -0.1) is 11.8 Å². The molecular weight excluding hydrogens is 392 g/mol. The molecule has 29 heavy (non-hydrogen) atoms. The summed E-state index contributed by atoms with van der Waals surface area (Å²) in [6.45, 7) is 6.35. The summed E-state index contributed by atoms with van der Waals surface area (Å²) in [5.74, 6) is 1.19. The number of benzene rings is 2. The van der Waals surface area contributed by atoms with Crippen LogP contribution in [0.2, 0.25) is 0 Å². The number of nitro benzene ring substituents is 1. The number of rotatable bonds is 10. The largest absolute Gasteiger partial charge is 0.493 e. The van der Waals surface area contributed by atoms with E-state index in [1.54, 1.807) is 26.2 Å². The molecule has 2 aromatic carbocycles. The van der Waals surface area contributed by atoms with E-state index >= 15 is 0 Å². The molecule has 7 nitrogen and oxygen atoms in total. The van der Waals surface area contributed by atoms with Crippen molar-refractivity contribution in [2.75, 3.05) is 13.7 Å². The average Bonchev–Trinajstić information content (AvgIpc) is 2.72. The van der Waals surface area contributed by atoms with Crippen molar-refractivity contribution in [3.8, 4) is 11.5 Å². The Morgan fingerprint density at radius 1 is 1.17 bits per heavy atom. The summed E-state index contributed by atoms with van der Waals surface area (Å²) in [6, 6.07) is 11.6. The van der Waals surface area contributed by atoms with Crippen LogP contribution in [0.25, 0.3) is 0 Å². The first-order chi connectivity index (χ1) is 13.8. The Balaban J connectivity index is 1.99. The minimum absolute atomic E-state index is 0.0281. The molecule has 2 atom stereocenters. The molecule has 2 unspecified atom stereocenters. The lowest BCUT2D eigenvalue weighted by Crippen LogP contribution is -2.33. The number of nitrogens with zero attached hydrogens (tertiary/aromatic N) is 1. The highest BCUT2D eigenvalue weighted by molar-refractivity contribution is 8.00. The summed E-state index contributed by atoms with van der Waals surface area (Å²) in [5.41, 5.74) is 0.937. The molecule has 156 valence electrons. The number of hydrogen-bond acceptors (Lipinski definition) is 6. The first-order valence-corrected chi connectivity index (χ1v) is 10.3. The average molecular weight is 419 g/mol. The molecule has 0 radical (unpaired) electrons. The molecule has 0 saturated heterocycles. The Morgan fingerprint density at radius 3 is 2.45 bits per heavy atom. The van der Waals surface area contributed by atoms with Crippen molar-refractivity contribution in [2.45, 2.75) is 43.4 Å². The number of nitrogens with one attached hydrogen (secondary N) is 1. The molecule has 0 aromatic heterocycles. The molecule has 0 fully saturated rings. The summed E-state index contributed by atoms with van der Waals surface area (Å²) in [6.07, 6.45) is 0.904. The Hall–Kier alpha value is -2.74. The fraction of sp³-hybridized carbons (Fsp3) is 0.381. The Kier molecular flexibility index (Phi) is 8.33. The van der Waals surface area contributed by atoms with Crippen LogP contribution in [0.3, 0.4) is 0 Å². The van der Waals surface area contributed by atoms with Crippen molar-refractivity contribution < 1.29 is 19.2 Å². The van der Waals surface area contributed by atoms with E-state index in [1.807, 2.05) is 32.0 Å². The number of amides is 1. The molecule has 0 aliphatic rings. The molecule has 0 heterocycles. The van der Waals surface area contributed by atoms with Gasteiger partial charge in [0.15, 0.2) is 11.5 Å². The number of thioether (sulfide) groups is 1. The van der Waals surface area contributed by atoms with E-state index in [-0.39, 0.29) is 22.9 Å². The van der Waals surface area contributed by atoms with Crippen LogP contribution in [0, 0.1) is 10.1 Å². The summed E-state index contributed by atoms with van der Waals surface area (Å²) < 4.78 is 11.1. The van der Waals surface area contributed by atoms with Crippen LogP contribution in [-0.4, -0.2) is 29.8 Å². The van der Waals surface area contributed by atoms with E-state index in [4.69, 9.17) is 9.47 Å². The molecular formula is C21H26N2O5S. The van der Waals surface area contributed by atoms with Crippen molar-refractivity contribution in [1.82, 2.24) is 5.32 Å². The lowest BCUT2D eigenvalue weighted by molar-refractivity contribution is -0.384. The first kappa shape index (κ1) is 22.5. The van der Waals surface area contributed by atoms with Gasteiger partial charge in [0.05, 0.1) is 29.9 Å². The van der Waals surface area contributed by atoms with Crippen molar-refractivity contribution in [2.24, 2.45) is 0 Å². The number of carbonyl (C=O) groups excluding carboxylic acids is 1. The highest BCUT2D eigenvalue weighted by atomic mass is 32.2. The van der Waals surface area contributed by atoms with Gasteiger partial charge in [0.1, 0.15) is 0 Å². The zero-order valence-electron chi connectivity index (χ0n) is 17.0. The van der Waals surface area contributed by atoms with Gasteiger partial charge in [-0.25, -0.2) is 0 Å². The lowest BCUT2D eigenvalue weighted by Gasteiger charge is -2.19. The highest BCUT2D eigenvalue weighted by Gasteiger charge is 2.19. The molecule has 2 rings (SSSR count). The van der Waals surface area contributed by atoms with E-state index in [2.05, 4.69) is 5.32 Å². The Bertz CT molecular complexity index is 841. The third kappa shape index (κ3) is 6.39. The normalized spacial score (nSPS) is 12.7. The zero-order chi connectivity index (χ0) is 21.4. The maximum Gasteiger partial charge on any atom is 0.269 e. The number of methoxy groups -OCH3 is 1. The number of carbonyl (C=O) groups is 1. The second-order valence-corrected chi connectivity index (χ2v) is 7.91. The van der Waals surface area contributed by atoms with E-state index < -0.39 is 4.92 Å². The van der Waals surface area contributed by atoms with E-state index in [1.165, 1.54) is 23.9 Å². The maximum atomic E-state index is 12.6. The van der Waals surface area contributed by atoms with Crippen molar-refractivity contribution in [3.05, 3.63) is 58.1 Å². The van der Waals surface area contributed by atoms with Crippen molar-refractivity contribution in [3.63, 3.8) is 0 Å². The topological polar surface area (TPSA) is 90.7 Å². The minimum atomic E-state index is -0.445. The molecule has 1 N–H and O–H groups in total. The van der Waals surface area contributed by atoms with Crippen LogP contribution in [0.15, 0.2) is 47.4 Å². The maximum absolute atomic E-state index is 12.6. The summed E-state index contributed by atoms with van der Waals surface area (Å²) in [4.78, 5) is 23.7. The predicted molar refractivity (Wildman–Crippen MR) is 114 cm³/mol. The van der Waals surface area contributed by atoms with Crippen LogP contribution in [0.4, 0.5) is 5.69 Å². The summed E-state index contributed by atoms with van der Waals surface area (Å²) >= 11 is 1.35. The van der Waals surface area contributed by atoms with Gasteiger partial charge in [-0.1, -0.05) is 13.0 Å². The van der Waals surface area contributed by atoms with Gasteiger partial charge in [-0.3, -0.25) is 14.9 Å². The molecule has 0 spiro atoms. The third-order valence-electron chi connectivity index (χ3n) is 4.24. The molecule has 1 amide bonds. The van der Waals surface area contributed by atoms with Gasteiger partial charge in [-0.05, 0) is 50.1 Å². The smallest absolute Gasteiger partial charge is 0.269 e. The van der Waals surface area contributed by atoms with Gasteiger partial charge >= 0.3 is 0 Å². The Morgan fingerprint density at radius 2 is 1.86 bits per heavy atom. The minimum Gasteiger partial charge on any atom is -0.493 e. The second-order valence-electron chi connectivity index (χ2n) is 6.50. The number of hydrogen-bond donors (Lipinski definition) is 1. The number of nitro groups is 1. The van der Waals surface area contributed by atoms with Crippen LogP contribution in [0.1, 0.15) is 38.8 Å². The summed E-state index contributed by atoms with van der Waals surface area (Å²) in [5, 5.41) is 13.4. The first-order valence-electron chi connectivity index (χ1n) is 9.38. The second kappa shape index (κ2) is 10.7. The standard InChI is InChI=1S/C21H26N2O5S/c1-5-12-28-19-11-6-16(13-20(19)27-4)14(2)22-21(24)15(3)29-18-9-7-17(8-10-18)23(25)26/h6-11,13-15H,5,12H2,1-4H3,(H,22,24). The monoisotopic (exact) mass is 418 g/mol. The van der Waals surface area contributed by atoms with Crippen LogP contribution >= 0.6 is 11.8 Å². The number of ether oxygens (including phenoxy) is 2. The lowest BCUT2D eigenvalue weighted by atomic mass is 10.1. The molecule has 0 bridgehead atoms. The van der Waals surface area contributed by atoms with Gasteiger partial charge in [0, 0.05) is 17.0 Å². The Labute approximate surface area is 174 Å². The molecule has 0 saturated carbocycles. The zero-order valence-corrected chi connectivity index (χ0v) is 17.8. The van der Waals surface area contributed by atoms with Crippen LogP contribution in [-0.2, 0) is 4.79 Å². The predicted octanol–water partition coefficient (Wildman–Crippen LogP) is 4.75. The van der Waals surface area contributed by atoms with Crippen molar-refractivity contribution >= 4 is 23.4 Å². The number of non-ortho nitro benzene ring substituents is 1. The molecule has 0 aliphatic heterocycles. The quantitative estimate of drug-likeness (QED) is 0.340. The van der Waals surface area contributed by atoms with Gasteiger partial charge in [0.25, 0.3) is 5.69 Å². The van der Waals surface area contributed by atoms with Crippen molar-refractivity contribution in [1.29, 1.82) is 0 Å². The molecule has 8 heteroatoms. The fourth-order valence-electron chi connectivity index (χ4n) is 2.60. The van der Waals surface area contributed by atoms with Crippen LogP contribution in [0.5, 0.6) is 11.5 Å². The van der Waals surface area contributed by atoms with Gasteiger partial charge < -0.3 is 14.8 Å². The molecule has 2 aromatic rings. The van der Waals surface area contributed by atoms with E-state index in [9.17, 15) is 14.9 Å². The SMILES string of the molecule is CCCOc1ccc(C(C)NC(=O)C(C)Sc2ccc([N+](=O)[O-])cc2)cc1OC. The van der Waals surface area contributed by atoms with E-state index in [0.29, 0.717) is 18.1 Å². The molecule has 0 aliphatic carbocycles.